The summed E-state index contributed by atoms with van der Waals surface area (Å²) in [5.74, 6) is -1.05. The van der Waals surface area contributed by atoms with Gasteiger partial charge >= 0.3 is 17.9 Å². The topological polar surface area (TPSA) is 249 Å². The summed E-state index contributed by atoms with van der Waals surface area (Å²) in [5, 5.41) is 47.0. The lowest BCUT2D eigenvalue weighted by Gasteiger charge is -2.37. The number of unbranched alkanes of at least 4 members (excludes halogenated alkanes) is 3. The summed E-state index contributed by atoms with van der Waals surface area (Å²) in [6.45, 7) is 2.73. The van der Waals surface area contributed by atoms with E-state index in [-0.39, 0.29) is 50.3 Å². The number of rotatable bonds is 23. The van der Waals surface area contributed by atoms with Gasteiger partial charge in [0.1, 0.15) is 54.7 Å². The Bertz CT molecular complexity index is 1720. The number of amides is 2. The molecule has 1 saturated carbocycles. The predicted molar refractivity (Wildman–Crippen MR) is 215 cm³/mol. The molecule has 1 aromatic heterocycles. The highest BCUT2D eigenvalue weighted by Gasteiger charge is 2.43. The zero-order valence-electron chi connectivity index (χ0n) is 33.6. The van der Waals surface area contributed by atoms with Crippen molar-refractivity contribution in [2.75, 3.05) is 32.6 Å². The van der Waals surface area contributed by atoms with Crippen molar-refractivity contribution in [2.45, 2.75) is 134 Å². The Labute approximate surface area is 350 Å². The molecule has 4 N–H and O–H groups in total. The number of aromatic nitrogens is 2. The van der Waals surface area contributed by atoms with Crippen LogP contribution < -0.4 is 0 Å². The minimum atomic E-state index is -1.79. The molecule has 1 saturated heterocycles. The summed E-state index contributed by atoms with van der Waals surface area (Å²) < 4.78 is 26.0. The van der Waals surface area contributed by atoms with Crippen LogP contribution in [0.15, 0.2) is 33.4 Å². The summed E-state index contributed by atoms with van der Waals surface area (Å²) in [4.78, 5) is 66.6. The maximum Gasteiger partial charge on any atom is 0.326 e. The van der Waals surface area contributed by atoms with E-state index in [1.54, 1.807) is 47.9 Å². The third kappa shape index (κ3) is 14.7. The number of aliphatic hydroxyl groups excluding tert-OH is 4. The van der Waals surface area contributed by atoms with Crippen LogP contribution in [0.2, 0.25) is 0 Å². The van der Waals surface area contributed by atoms with Crippen molar-refractivity contribution >= 4 is 62.8 Å². The van der Waals surface area contributed by atoms with E-state index in [0.717, 1.165) is 36.3 Å². The molecule has 2 aromatic rings. The van der Waals surface area contributed by atoms with Crippen molar-refractivity contribution in [3.05, 3.63) is 34.4 Å². The fraction of sp³-hybridized carbons (Fsp3) is 0.667. The molecule has 4 rings (SSSR count). The van der Waals surface area contributed by atoms with Crippen LogP contribution in [0, 0.1) is 0 Å². The van der Waals surface area contributed by atoms with Crippen LogP contribution in [0.3, 0.4) is 0 Å². The smallest absolute Gasteiger partial charge is 0.326 e. The van der Waals surface area contributed by atoms with Gasteiger partial charge < -0.3 is 49.2 Å². The van der Waals surface area contributed by atoms with Gasteiger partial charge in [-0.25, -0.2) is 4.63 Å². The molecular formula is C39H56N4O14S2. The molecule has 59 heavy (non-hydrogen) atoms. The zero-order chi connectivity index (χ0) is 42.9. The minimum Gasteiger partial charge on any atom is -0.465 e. The first-order valence-corrected chi connectivity index (χ1v) is 22.2. The van der Waals surface area contributed by atoms with E-state index in [1.165, 1.54) is 10.8 Å². The Morgan fingerprint density at radius 2 is 1.61 bits per heavy atom. The molecular weight excluding hydrogens is 813 g/mol. The zero-order valence-corrected chi connectivity index (χ0v) is 35.3. The van der Waals surface area contributed by atoms with E-state index in [1.807, 2.05) is 0 Å². The van der Waals surface area contributed by atoms with Crippen LogP contribution in [0.5, 0.6) is 0 Å². The van der Waals surface area contributed by atoms with Crippen LogP contribution in [0.1, 0.15) is 101 Å². The van der Waals surface area contributed by atoms with Crippen LogP contribution in [0.4, 0.5) is 0 Å². The monoisotopic (exact) mass is 868 g/mol. The van der Waals surface area contributed by atoms with Gasteiger partial charge in [-0.15, -0.1) is 0 Å². The van der Waals surface area contributed by atoms with Gasteiger partial charge in [0.05, 0.1) is 6.61 Å². The molecule has 1 aromatic carbocycles. The number of hydrogen-bond donors (Lipinski definition) is 4. The fourth-order valence-electron chi connectivity index (χ4n) is 6.59. The fourth-order valence-corrected chi connectivity index (χ4v) is 9.19. The van der Waals surface area contributed by atoms with Gasteiger partial charge in [0.25, 0.3) is 5.91 Å². The molecule has 2 heterocycles. The third-order valence-corrected chi connectivity index (χ3v) is 13.0. The van der Waals surface area contributed by atoms with Gasteiger partial charge in [0.15, 0.2) is 6.29 Å². The Hall–Kier alpha value is -3.79. The lowest BCUT2D eigenvalue weighted by Crippen LogP contribution is -2.58. The SMILES string of the molecule is CCCCCCSS/C(CCOC(=O)CCCC(=O)O[C@H]1CC[C@H](N(C)C(=O)c2ccc3nonc3c2)CC1)=C(/C)N(C=O)CC(=O)OCC1OC(O)C(O)C(O)C1O. The van der Waals surface area contributed by atoms with E-state index < -0.39 is 61.8 Å². The molecule has 18 nitrogen and oxygen atoms in total. The van der Waals surface area contributed by atoms with Gasteiger partial charge in [-0.1, -0.05) is 47.8 Å². The number of carbonyl (C=O) groups excluding carboxylic acids is 5. The van der Waals surface area contributed by atoms with Crippen molar-refractivity contribution in [1.29, 1.82) is 0 Å². The van der Waals surface area contributed by atoms with Gasteiger partial charge in [-0.05, 0) is 74.0 Å². The molecule has 0 spiro atoms. The summed E-state index contributed by atoms with van der Waals surface area (Å²) in [5.41, 5.74) is 2.01. The molecule has 2 amide bonds. The Morgan fingerprint density at radius 1 is 0.881 bits per heavy atom. The van der Waals surface area contributed by atoms with E-state index in [0.29, 0.717) is 59.3 Å². The quantitative estimate of drug-likeness (QED) is 0.0411. The second-order valence-electron chi connectivity index (χ2n) is 14.6. The number of allylic oxidation sites excluding steroid dienone is 1. The highest BCUT2D eigenvalue weighted by atomic mass is 33.1. The summed E-state index contributed by atoms with van der Waals surface area (Å²) >= 11 is 0. The van der Waals surface area contributed by atoms with Crippen LogP contribution in [-0.2, 0) is 38.1 Å². The third-order valence-electron chi connectivity index (χ3n) is 10.3. The van der Waals surface area contributed by atoms with Crippen LogP contribution in [0.25, 0.3) is 11.0 Å². The number of fused-ring (bicyclic) bond motifs is 1. The lowest BCUT2D eigenvalue weighted by molar-refractivity contribution is -0.287. The van der Waals surface area contributed by atoms with Crippen molar-refractivity contribution in [3.63, 3.8) is 0 Å². The molecule has 0 radical (unpaired) electrons. The predicted octanol–water partition coefficient (Wildman–Crippen LogP) is 3.25. The number of benzene rings is 1. The van der Waals surface area contributed by atoms with Gasteiger partial charge in [0.2, 0.25) is 6.41 Å². The molecule has 2 fully saturated rings. The van der Waals surface area contributed by atoms with Crippen molar-refractivity contribution < 1.29 is 68.0 Å². The van der Waals surface area contributed by atoms with Gasteiger partial charge in [-0.3, -0.25) is 24.0 Å². The highest BCUT2D eigenvalue weighted by molar-refractivity contribution is 8.78. The normalized spacial score (nSPS) is 23.5. The van der Waals surface area contributed by atoms with E-state index in [4.69, 9.17) is 23.6 Å². The molecule has 1 aliphatic heterocycles. The minimum absolute atomic E-state index is 0.00101. The molecule has 5 unspecified atom stereocenters. The van der Waals surface area contributed by atoms with Gasteiger partial charge in [0, 0.05) is 54.3 Å². The Morgan fingerprint density at radius 3 is 2.34 bits per heavy atom. The second-order valence-corrected chi connectivity index (χ2v) is 17.1. The first-order valence-electron chi connectivity index (χ1n) is 19.9. The van der Waals surface area contributed by atoms with Crippen molar-refractivity contribution in [3.8, 4) is 0 Å². The maximum absolute atomic E-state index is 13.1. The van der Waals surface area contributed by atoms with Crippen LogP contribution >= 0.6 is 21.6 Å². The molecule has 1 aliphatic carbocycles. The van der Waals surface area contributed by atoms with E-state index >= 15 is 0 Å². The Balaban J connectivity index is 1.18. The molecule has 0 bridgehead atoms. The van der Waals surface area contributed by atoms with E-state index in [2.05, 4.69) is 17.2 Å². The lowest BCUT2D eigenvalue weighted by atomic mass is 9.91. The molecule has 5 atom stereocenters. The van der Waals surface area contributed by atoms with E-state index in [9.17, 15) is 44.4 Å². The summed E-state index contributed by atoms with van der Waals surface area (Å²) in [6.07, 6.45) is -0.593. The molecule has 20 heteroatoms. The summed E-state index contributed by atoms with van der Waals surface area (Å²) in [6, 6.07) is 5.01. The van der Waals surface area contributed by atoms with Crippen LogP contribution in [-0.4, -0.2) is 146 Å². The molecule has 2 aliphatic rings. The number of nitrogens with zero attached hydrogens (tertiary/aromatic N) is 4. The van der Waals surface area contributed by atoms with Crippen molar-refractivity contribution in [1.82, 2.24) is 20.1 Å². The largest absolute Gasteiger partial charge is 0.465 e. The maximum atomic E-state index is 13.1. The number of aliphatic hydroxyl groups is 4. The number of ether oxygens (including phenoxy) is 4. The van der Waals surface area contributed by atoms with Gasteiger partial charge in [-0.2, -0.15) is 0 Å². The molecule has 328 valence electrons. The standard InChI is InChI=1S/C39H56N4O14S2/c1-4-5-6-7-19-58-59-31(24(2)43(23-44)21-34(47)54-22-30-35(48)36(49)37(50)39(52)56-30)17-18-53-32(45)9-8-10-33(46)55-27-14-12-26(13-15-27)42(3)38(51)25-11-16-28-29(20-25)41-57-40-28/h11,16,20,23,26-27,30,35-37,39,48-50,52H,4-10,12-15,17-19,21-22H2,1-3H3/b31-24-/t26-,27-,30?,35?,36?,37?,39?. The number of esters is 3. The number of hydrogen-bond acceptors (Lipinski definition) is 18. The summed E-state index contributed by atoms with van der Waals surface area (Å²) in [7, 11) is 4.76. The van der Waals surface area contributed by atoms with Crippen molar-refractivity contribution in [2.24, 2.45) is 0 Å². The highest BCUT2D eigenvalue weighted by Crippen LogP contribution is 2.36. The number of carbonyl (C=O) groups is 5. The first kappa shape index (κ1) is 47.9. The first-order chi connectivity index (χ1) is 28.3. The average Bonchev–Trinajstić information content (AvgIpc) is 3.71. The average molecular weight is 869 g/mol. The second kappa shape index (κ2) is 24.5. The Kier molecular flexibility index (Phi) is 19.9.